The average molecular weight is 244 g/mol. The minimum atomic E-state index is 0.821. The van der Waals surface area contributed by atoms with E-state index in [4.69, 9.17) is 0 Å². The van der Waals surface area contributed by atoms with Crippen LogP contribution in [-0.4, -0.2) is 26.2 Å². The van der Waals surface area contributed by atoms with Crippen molar-refractivity contribution in [1.82, 2.24) is 5.32 Å². The van der Waals surface area contributed by atoms with Crippen molar-refractivity contribution in [3.8, 4) is 0 Å². The van der Waals surface area contributed by atoms with Gasteiger partial charge in [0, 0.05) is 31.9 Å². The number of fused-ring (bicyclic) bond motifs is 1. The number of hydrogen-bond donors (Lipinski definition) is 1. The Balaban J connectivity index is 1.59. The number of nitrogens with zero attached hydrogens (tertiary/aromatic N) is 1. The van der Waals surface area contributed by atoms with E-state index < -0.39 is 0 Å². The lowest BCUT2D eigenvalue weighted by molar-refractivity contribution is 0.671. The molecule has 0 unspecified atom stereocenters. The van der Waals surface area contributed by atoms with Gasteiger partial charge in [0.2, 0.25) is 0 Å². The Kier molecular flexibility index (Phi) is 3.55. The largest absolute Gasteiger partial charge is 0.373 e. The molecule has 0 saturated heterocycles. The highest BCUT2D eigenvalue weighted by Crippen LogP contribution is 2.25. The van der Waals surface area contributed by atoms with Crippen LogP contribution in [0, 0.1) is 0 Å². The molecule has 0 amide bonds. The van der Waals surface area contributed by atoms with Gasteiger partial charge in [-0.2, -0.15) is 0 Å². The third-order valence-corrected chi connectivity index (χ3v) is 4.23. The fraction of sp³-hybridized carbons (Fsp3) is 0.625. The van der Waals surface area contributed by atoms with Gasteiger partial charge in [0.05, 0.1) is 0 Å². The van der Waals surface area contributed by atoms with Crippen LogP contribution in [0.15, 0.2) is 18.2 Å². The molecule has 18 heavy (non-hydrogen) atoms. The van der Waals surface area contributed by atoms with E-state index in [1.807, 2.05) is 0 Å². The van der Waals surface area contributed by atoms with E-state index in [1.165, 1.54) is 44.2 Å². The number of nitrogens with one attached hydrogen (secondary N) is 1. The zero-order chi connectivity index (χ0) is 12.4. The maximum absolute atomic E-state index is 3.58. The molecule has 1 aromatic carbocycles. The highest BCUT2D eigenvalue weighted by atomic mass is 15.1. The van der Waals surface area contributed by atoms with Crippen molar-refractivity contribution in [2.45, 2.75) is 44.6 Å². The first-order chi connectivity index (χ1) is 8.83. The van der Waals surface area contributed by atoms with E-state index in [-0.39, 0.29) is 0 Å². The van der Waals surface area contributed by atoms with Gasteiger partial charge in [0.15, 0.2) is 0 Å². The Morgan fingerprint density at radius 2 is 1.94 bits per heavy atom. The smallest absolute Gasteiger partial charge is 0.0366 e. The van der Waals surface area contributed by atoms with Crippen LogP contribution in [0.25, 0.3) is 0 Å². The molecule has 0 bridgehead atoms. The van der Waals surface area contributed by atoms with Crippen LogP contribution in [0.3, 0.4) is 0 Å². The van der Waals surface area contributed by atoms with E-state index in [2.05, 4.69) is 35.5 Å². The second-order valence-corrected chi connectivity index (χ2v) is 5.81. The van der Waals surface area contributed by atoms with Gasteiger partial charge in [-0.15, -0.1) is 0 Å². The molecular formula is C16H24N2. The molecule has 2 aliphatic carbocycles. The Hall–Kier alpha value is -1.02. The zero-order valence-corrected chi connectivity index (χ0v) is 11.4. The maximum atomic E-state index is 3.58. The molecule has 1 N–H and O–H groups in total. The summed E-state index contributed by atoms with van der Waals surface area (Å²) >= 11 is 0. The number of benzene rings is 1. The van der Waals surface area contributed by atoms with Crippen LogP contribution in [0.2, 0.25) is 0 Å². The molecule has 2 aliphatic rings. The van der Waals surface area contributed by atoms with Crippen molar-refractivity contribution in [1.29, 1.82) is 0 Å². The molecular weight excluding hydrogens is 220 g/mol. The Morgan fingerprint density at radius 3 is 2.72 bits per heavy atom. The van der Waals surface area contributed by atoms with Crippen molar-refractivity contribution < 1.29 is 0 Å². The lowest BCUT2D eigenvalue weighted by Crippen LogP contribution is -2.30. The van der Waals surface area contributed by atoms with E-state index in [1.54, 1.807) is 11.1 Å². The minimum absolute atomic E-state index is 0.821. The quantitative estimate of drug-likeness (QED) is 0.857. The number of aryl methyl sites for hydroxylation is 2. The lowest BCUT2D eigenvalue weighted by Gasteiger charge is -2.23. The molecule has 0 radical (unpaired) electrons. The molecule has 2 heteroatoms. The fourth-order valence-corrected chi connectivity index (χ4v) is 2.81. The summed E-state index contributed by atoms with van der Waals surface area (Å²) in [5, 5.41) is 3.58. The normalized spacial score (nSPS) is 18.5. The van der Waals surface area contributed by atoms with E-state index in [0.717, 1.165) is 19.1 Å². The third kappa shape index (κ3) is 2.86. The predicted octanol–water partition coefficient (Wildman–Crippen LogP) is 2.75. The van der Waals surface area contributed by atoms with Gasteiger partial charge in [-0.25, -0.2) is 0 Å². The summed E-state index contributed by atoms with van der Waals surface area (Å²) in [6, 6.07) is 7.86. The third-order valence-electron chi connectivity index (χ3n) is 4.23. The van der Waals surface area contributed by atoms with Crippen molar-refractivity contribution in [3.63, 3.8) is 0 Å². The van der Waals surface area contributed by atoms with Crippen LogP contribution in [0.1, 0.15) is 36.8 Å². The first kappa shape index (κ1) is 12.0. The Morgan fingerprint density at radius 1 is 1.17 bits per heavy atom. The van der Waals surface area contributed by atoms with Crippen molar-refractivity contribution in [2.24, 2.45) is 0 Å². The molecule has 1 fully saturated rings. The second-order valence-electron chi connectivity index (χ2n) is 5.81. The van der Waals surface area contributed by atoms with Gasteiger partial charge in [-0.3, -0.25) is 0 Å². The van der Waals surface area contributed by atoms with Crippen LogP contribution < -0.4 is 10.2 Å². The van der Waals surface area contributed by atoms with Crippen LogP contribution in [-0.2, 0) is 12.8 Å². The summed E-state index contributed by atoms with van der Waals surface area (Å²) in [6.07, 6.45) is 8.04. The first-order valence-corrected chi connectivity index (χ1v) is 7.39. The van der Waals surface area contributed by atoms with Gasteiger partial charge >= 0.3 is 0 Å². The SMILES string of the molecule is CN(CCNC1CC1)c1ccc2c(c1)CCCC2. The summed E-state index contributed by atoms with van der Waals surface area (Å²) in [5.41, 5.74) is 4.54. The van der Waals surface area contributed by atoms with Crippen LogP contribution in [0.5, 0.6) is 0 Å². The molecule has 1 aromatic rings. The summed E-state index contributed by atoms with van der Waals surface area (Å²) in [5.74, 6) is 0. The summed E-state index contributed by atoms with van der Waals surface area (Å²) in [7, 11) is 2.21. The molecule has 0 aliphatic heterocycles. The molecule has 0 heterocycles. The van der Waals surface area contributed by atoms with Gasteiger partial charge in [-0.1, -0.05) is 6.07 Å². The fourth-order valence-electron chi connectivity index (χ4n) is 2.81. The van der Waals surface area contributed by atoms with Crippen molar-refractivity contribution >= 4 is 5.69 Å². The Labute approximate surface area is 110 Å². The lowest BCUT2D eigenvalue weighted by atomic mass is 9.91. The monoisotopic (exact) mass is 244 g/mol. The van der Waals surface area contributed by atoms with Crippen molar-refractivity contribution in [3.05, 3.63) is 29.3 Å². The average Bonchev–Trinajstić information content (AvgIpc) is 3.22. The van der Waals surface area contributed by atoms with Gasteiger partial charge in [0.1, 0.15) is 0 Å². The zero-order valence-electron chi connectivity index (χ0n) is 11.4. The van der Waals surface area contributed by atoms with Gasteiger partial charge < -0.3 is 10.2 Å². The highest BCUT2D eigenvalue weighted by molar-refractivity contribution is 5.51. The number of likely N-dealkylation sites (N-methyl/N-ethyl adjacent to an activating group) is 1. The van der Waals surface area contributed by atoms with Gasteiger partial charge in [-0.05, 0) is 61.8 Å². The molecule has 98 valence electrons. The molecule has 1 saturated carbocycles. The molecule has 0 spiro atoms. The number of rotatable bonds is 5. The number of hydrogen-bond acceptors (Lipinski definition) is 2. The molecule has 2 nitrogen and oxygen atoms in total. The first-order valence-electron chi connectivity index (χ1n) is 7.39. The predicted molar refractivity (Wildman–Crippen MR) is 77.4 cm³/mol. The Bertz CT molecular complexity index is 410. The van der Waals surface area contributed by atoms with Crippen LogP contribution >= 0.6 is 0 Å². The maximum Gasteiger partial charge on any atom is 0.0366 e. The van der Waals surface area contributed by atoms with Crippen molar-refractivity contribution in [2.75, 3.05) is 25.0 Å². The number of anilines is 1. The molecule has 0 aromatic heterocycles. The van der Waals surface area contributed by atoms with E-state index in [0.29, 0.717) is 0 Å². The van der Waals surface area contributed by atoms with E-state index in [9.17, 15) is 0 Å². The van der Waals surface area contributed by atoms with Crippen LogP contribution in [0.4, 0.5) is 5.69 Å². The second kappa shape index (κ2) is 5.31. The summed E-state index contributed by atoms with van der Waals surface area (Å²) in [6.45, 7) is 2.22. The summed E-state index contributed by atoms with van der Waals surface area (Å²) < 4.78 is 0. The standard InChI is InChI=1S/C16H24N2/c1-18(11-10-17-15-7-8-15)16-9-6-13-4-2-3-5-14(13)12-16/h6,9,12,15,17H,2-5,7-8,10-11H2,1H3. The van der Waals surface area contributed by atoms with Gasteiger partial charge in [0.25, 0.3) is 0 Å². The minimum Gasteiger partial charge on any atom is -0.373 e. The summed E-state index contributed by atoms with van der Waals surface area (Å²) in [4.78, 5) is 2.38. The molecule has 3 rings (SSSR count). The van der Waals surface area contributed by atoms with E-state index >= 15 is 0 Å². The molecule has 0 atom stereocenters. The topological polar surface area (TPSA) is 15.3 Å². The highest BCUT2D eigenvalue weighted by Gasteiger charge is 2.19.